The second-order valence-electron chi connectivity index (χ2n) is 5.22. The van der Waals surface area contributed by atoms with Crippen LogP contribution in [0.1, 0.15) is 11.4 Å². The first-order chi connectivity index (χ1) is 11.7. The van der Waals surface area contributed by atoms with Gasteiger partial charge in [0.2, 0.25) is 0 Å². The molecule has 0 unspecified atom stereocenters. The smallest absolute Gasteiger partial charge is 0.258 e. The summed E-state index contributed by atoms with van der Waals surface area (Å²) in [5, 5.41) is 0.490. The van der Waals surface area contributed by atoms with Crippen molar-refractivity contribution in [2.45, 2.75) is 11.5 Å². The number of nitrogens with one attached hydrogen (secondary N) is 1. The number of methoxy groups -OCH3 is 2. The first-order valence-corrected chi connectivity index (χ1v) is 8.63. The van der Waals surface area contributed by atoms with Crippen LogP contribution in [0.5, 0.6) is 11.5 Å². The molecule has 0 bridgehead atoms. The van der Waals surface area contributed by atoms with Crippen LogP contribution in [0, 0.1) is 0 Å². The first-order valence-electron chi connectivity index (χ1n) is 7.48. The third-order valence-corrected chi connectivity index (χ3v) is 4.63. The molecule has 0 saturated heterocycles. The number of H-pyrrole nitrogens is 1. The van der Waals surface area contributed by atoms with E-state index in [1.807, 2.05) is 18.2 Å². The van der Waals surface area contributed by atoms with Gasteiger partial charge in [0.25, 0.3) is 5.56 Å². The maximum atomic E-state index is 12.3. The van der Waals surface area contributed by atoms with Crippen LogP contribution in [-0.2, 0) is 11.5 Å². The van der Waals surface area contributed by atoms with Gasteiger partial charge in [-0.15, -0.1) is 11.8 Å². The summed E-state index contributed by atoms with van der Waals surface area (Å²) < 4.78 is 10.5. The Morgan fingerprint density at radius 2 is 1.75 bits per heavy atom. The summed E-state index contributed by atoms with van der Waals surface area (Å²) in [6.45, 7) is 0. The summed E-state index contributed by atoms with van der Waals surface area (Å²) in [4.78, 5) is 19.7. The van der Waals surface area contributed by atoms with E-state index < -0.39 is 0 Å². The molecule has 1 aromatic heterocycles. The number of nitrogens with zero attached hydrogens (tertiary/aromatic N) is 1. The highest BCUT2D eigenvalue weighted by atomic mass is 32.2. The van der Waals surface area contributed by atoms with Crippen LogP contribution < -0.4 is 15.0 Å². The van der Waals surface area contributed by atoms with Crippen molar-refractivity contribution in [3.63, 3.8) is 0 Å². The van der Waals surface area contributed by atoms with Crippen LogP contribution in [0.2, 0.25) is 0 Å². The highest BCUT2D eigenvalue weighted by Gasteiger charge is 2.11. The number of thioether (sulfide) groups is 1. The third-order valence-electron chi connectivity index (χ3n) is 3.61. The standard InChI is InChI=1S/C18H18N2O3S/c1-22-15-8-13-14(9-16(15)23-2)19-17(20-18(13)21)11-24-10-12-6-4-3-5-7-12/h3-9H,10-11H2,1-2H3,(H,19,20,21). The van der Waals surface area contributed by atoms with Gasteiger partial charge in [-0.2, -0.15) is 0 Å². The van der Waals surface area contributed by atoms with Crippen LogP contribution in [0.25, 0.3) is 10.9 Å². The summed E-state index contributed by atoms with van der Waals surface area (Å²) >= 11 is 1.71. The normalized spacial score (nSPS) is 10.8. The van der Waals surface area contributed by atoms with E-state index in [4.69, 9.17) is 9.47 Å². The molecular weight excluding hydrogens is 324 g/mol. The van der Waals surface area contributed by atoms with Crippen LogP contribution in [0.4, 0.5) is 0 Å². The van der Waals surface area contributed by atoms with E-state index in [0.717, 1.165) is 5.75 Å². The number of aromatic nitrogens is 2. The topological polar surface area (TPSA) is 64.2 Å². The Labute approximate surface area is 144 Å². The zero-order chi connectivity index (χ0) is 16.9. The second-order valence-corrected chi connectivity index (χ2v) is 6.20. The number of hydrogen-bond donors (Lipinski definition) is 1. The van der Waals surface area contributed by atoms with E-state index in [1.54, 1.807) is 38.1 Å². The molecule has 0 amide bonds. The van der Waals surface area contributed by atoms with Gasteiger partial charge in [0, 0.05) is 11.8 Å². The Morgan fingerprint density at radius 1 is 1.04 bits per heavy atom. The number of fused-ring (bicyclic) bond motifs is 1. The lowest BCUT2D eigenvalue weighted by molar-refractivity contribution is 0.355. The number of hydrogen-bond acceptors (Lipinski definition) is 5. The van der Waals surface area contributed by atoms with Crippen LogP contribution in [-0.4, -0.2) is 24.2 Å². The maximum absolute atomic E-state index is 12.3. The minimum atomic E-state index is -0.170. The average molecular weight is 342 g/mol. The van der Waals surface area contributed by atoms with Gasteiger partial charge in [0.05, 0.1) is 30.9 Å². The Hall–Kier alpha value is -2.47. The highest BCUT2D eigenvalue weighted by molar-refractivity contribution is 7.97. The summed E-state index contributed by atoms with van der Waals surface area (Å²) in [5.74, 6) is 3.23. The predicted molar refractivity (Wildman–Crippen MR) is 96.9 cm³/mol. The molecule has 0 fully saturated rings. The number of benzene rings is 2. The van der Waals surface area contributed by atoms with E-state index in [2.05, 4.69) is 22.1 Å². The Balaban J connectivity index is 1.83. The van der Waals surface area contributed by atoms with Crippen molar-refractivity contribution in [2.24, 2.45) is 0 Å². The van der Waals surface area contributed by atoms with Gasteiger partial charge >= 0.3 is 0 Å². The average Bonchev–Trinajstić information content (AvgIpc) is 2.61. The van der Waals surface area contributed by atoms with Crippen molar-refractivity contribution < 1.29 is 9.47 Å². The van der Waals surface area contributed by atoms with Crippen molar-refractivity contribution >= 4 is 22.7 Å². The molecule has 3 aromatic rings. The molecule has 24 heavy (non-hydrogen) atoms. The van der Waals surface area contributed by atoms with Crippen LogP contribution in [0.15, 0.2) is 47.3 Å². The van der Waals surface area contributed by atoms with E-state index in [1.165, 1.54) is 5.56 Å². The second kappa shape index (κ2) is 7.40. The fourth-order valence-corrected chi connectivity index (χ4v) is 3.28. The Morgan fingerprint density at radius 3 is 2.46 bits per heavy atom. The van der Waals surface area contributed by atoms with Gasteiger partial charge < -0.3 is 14.5 Å². The molecule has 3 rings (SSSR count). The molecular formula is C18H18N2O3S. The largest absolute Gasteiger partial charge is 0.493 e. The SMILES string of the molecule is COc1cc2nc(CSCc3ccccc3)[nH]c(=O)c2cc1OC. The van der Waals surface area contributed by atoms with Crippen molar-refractivity contribution in [3.05, 3.63) is 64.2 Å². The molecule has 1 N–H and O–H groups in total. The van der Waals surface area contributed by atoms with Gasteiger partial charge in [-0.05, 0) is 11.6 Å². The quantitative estimate of drug-likeness (QED) is 0.744. The molecule has 1 heterocycles. The van der Waals surface area contributed by atoms with E-state index in [9.17, 15) is 4.79 Å². The zero-order valence-corrected chi connectivity index (χ0v) is 14.4. The molecule has 5 nitrogen and oxygen atoms in total. The molecule has 6 heteroatoms. The molecule has 0 spiro atoms. The molecule has 0 aliphatic heterocycles. The van der Waals surface area contributed by atoms with E-state index in [-0.39, 0.29) is 5.56 Å². The molecule has 2 aromatic carbocycles. The molecule has 0 aliphatic carbocycles. The van der Waals surface area contributed by atoms with Gasteiger partial charge in [-0.25, -0.2) is 4.98 Å². The number of rotatable bonds is 6. The Bertz CT molecular complexity index is 894. The summed E-state index contributed by atoms with van der Waals surface area (Å²) in [7, 11) is 3.10. The predicted octanol–water partition coefficient (Wildman–Crippen LogP) is 3.37. The summed E-state index contributed by atoms with van der Waals surface area (Å²) in [6.07, 6.45) is 0. The van der Waals surface area contributed by atoms with Gasteiger partial charge in [0.1, 0.15) is 5.82 Å². The molecule has 0 radical (unpaired) electrons. The fourth-order valence-electron chi connectivity index (χ4n) is 2.42. The fraction of sp³-hybridized carbons (Fsp3) is 0.222. The van der Waals surface area contributed by atoms with Gasteiger partial charge in [0.15, 0.2) is 11.5 Å². The number of aromatic amines is 1. The van der Waals surface area contributed by atoms with Gasteiger partial charge in [-0.3, -0.25) is 4.79 Å². The van der Waals surface area contributed by atoms with Gasteiger partial charge in [-0.1, -0.05) is 30.3 Å². The van der Waals surface area contributed by atoms with Crippen LogP contribution >= 0.6 is 11.8 Å². The molecule has 0 aliphatic rings. The van der Waals surface area contributed by atoms with Crippen molar-refractivity contribution in [1.82, 2.24) is 9.97 Å². The Kier molecular flexibility index (Phi) is 5.05. The maximum Gasteiger partial charge on any atom is 0.258 e. The summed E-state index contributed by atoms with van der Waals surface area (Å²) in [5.41, 5.74) is 1.68. The third kappa shape index (κ3) is 3.54. The minimum absolute atomic E-state index is 0.170. The zero-order valence-electron chi connectivity index (χ0n) is 13.5. The molecule has 0 saturated carbocycles. The lowest BCUT2D eigenvalue weighted by atomic mass is 10.2. The minimum Gasteiger partial charge on any atom is -0.493 e. The molecule has 124 valence electrons. The molecule has 0 atom stereocenters. The lowest BCUT2D eigenvalue weighted by Crippen LogP contribution is -2.11. The summed E-state index contributed by atoms with van der Waals surface area (Å²) in [6, 6.07) is 13.6. The van der Waals surface area contributed by atoms with Crippen molar-refractivity contribution in [1.29, 1.82) is 0 Å². The lowest BCUT2D eigenvalue weighted by Gasteiger charge is -2.09. The van der Waals surface area contributed by atoms with E-state index >= 15 is 0 Å². The van der Waals surface area contributed by atoms with E-state index in [0.29, 0.717) is 34.0 Å². The first kappa shape index (κ1) is 16.4. The van der Waals surface area contributed by atoms with Crippen molar-refractivity contribution in [2.75, 3.05) is 14.2 Å². The van der Waals surface area contributed by atoms with Crippen molar-refractivity contribution in [3.8, 4) is 11.5 Å². The monoisotopic (exact) mass is 342 g/mol. The van der Waals surface area contributed by atoms with Crippen LogP contribution in [0.3, 0.4) is 0 Å². The highest BCUT2D eigenvalue weighted by Crippen LogP contribution is 2.30. The number of ether oxygens (including phenoxy) is 2.